The Morgan fingerprint density at radius 3 is 2.77 bits per heavy atom. The number of rotatable bonds is 5. The van der Waals surface area contributed by atoms with Crippen molar-refractivity contribution in [2.45, 2.75) is 38.5 Å². The number of nitrogens with one attached hydrogen (secondary N) is 1. The van der Waals surface area contributed by atoms with Crippen LogP contribution in [0.4, 0.5) is 0 Å². The first-order valence-electron chi connectivity index (χ1n) is 5.23. The molecule has 0 atom stereocenters. The third kappa shape index (κ3) is 3.62. The Hall–Kier alpha value is -0.790. The summed E-state index contributed by atoms with van der Waals surface area (Å²) in [6.07, 6.45) is 8.53. The first-order valence-corrected chi connectivity index (χ1v) is 5.23. The van der Waals surface area contributed by atoms with E-state index in [0.717, 1.165) is 32.2 Å². The summed E-state index contributed by atoms with van der Waals surface area (Å²) in [4.78, 5) is 11.5. The van der Waals surface area contributed by atoms with Gasteiger partial charge in [-0.15, -0.1) is 6.58 Å². The van der Waals surface area contributed by atoms with Gasteiger partial charge in [0.1, 0.15) is 0 Å². The van der Waals surface area contributed by atoms with Crippen molar-refractivity contribution in [3.8, 4) is 0 Å². The van der Waals surface area contributed by atoms with Crippen molar-refractivity contribution >= 4 is 5.91 Å². The highest BCUT2D eigenvalue weighted by Gasteiger charge is 2.21. The molecule has 0 bridgehead atoms. The van der Waals surface area contributed by atoms with E-state index in [4.69, 9.17) is 0 Å². The van der Waals surface area contributed by atoms with Crippen molar-refractivity contribution in [1.82, 2.24) is 5.32 Å². The highest BCUT2D eigenvalue weighted by atomic mass is 16.1. The summed E-state index contributed by atoms with van der Waals surface area (Å²) in [5.41, 5.74) is 0. The molecule has 1 saturated carbocycles. The number of hydrogen-bond donors (Lipinski definition) is 1. The maximum atomic E-state index is 11.5. The SMILES string of the molecule is C=CCCCNC(=O)C1CCCC1. The van der Waals surface area contributed by atoms with Crippen LogP contribution < -0.4 is 5.32 Å². The fraction of sp³-hybridized carbons (Fsp3) is 0.727. The molecule has 0 unspecified atom stereocenters. The lowest BCUT2D eigenvalue weighted by Crippen LogP contribution is -2.29. The van der Waals surface area contributed by atoms with E-state index < -0.39 is 0 Å². The molecule has 1 amide bonds. The van der Waals surface area contributed by atoms with Gasteiger partial charge in [-0.05, 0) is 25.7 Å². The number of carbonyl (C=O) groups is 1. The molecule has 13 heavy (non-hydrogen) atoms. The molecule has 0 spiro atoms. The molecule has 0 saturated heterocycles. The third-order valence-corrected chi connectivity index (χ3v) is 2.61. The van der Waals surface area contributed by atoms with Crippen molar-refractivity contribution in [3.63, 3.8) is 0 Å². The first kappa shape index (κ1) is 10.3. The number of allylic oxidation sites excluding steroid dienone is 1. The van der Waals surface area contributed by atoms with Crippen LogP contribution in [-0.4, -0.2) is 12.5 Å². The molecule has 1 aliphatic rings. The van der Waals surface area contributed by atoms with Crippen LogP contribution >= 0.6 is 0 Å². The van der Waals surface area contributed by atoms with Crippen molar-refractivity contribution in [1.29, 1.82) is 0 Å². The molecular weight excluding hydrogens is 162 g/mol. The van der Waals surface area contributed by atoms with Crippen LogP contribution in [-0.2, 0) is 4.79 Å². The molecule has 0 aromatic rings. The maximum absolute atomic E-state index is 11.5. The van der Waals surface area contributed by atoms with E-state index >= 15 is 0 Å². The van der Waals surface area contributed by atoms with E-state index in [1.54, 1.807) is 0 Å². The second kappa shape index (κ2) is 5.79. The number of unbranched alkanes of at least 4 members (excludes halogenated alkanes) is 1. The van der Waals surface area contributed by atoms with Gasteiger partial charge in [0.05, 0.1) is 0 Å². The molecule has 0 radical (unpaired) electrons. The zero-order valence-electron chi connectivity index (χ0n) is 8.22. The van der Waals surface area contributed by atoms with E-state index in [2.05, 4.69) is 11.9 Å². The Bertz CT molecular complexity index is 171. The standard InChI is InChI=1S/C11H19NO/c1-2-3-6-9-12-11(13)10-7-4-5-8-10/h2,10H,1,3-9H2,(H,12,13). The fourth-order valence-corrected chi connectivity index (χ4v) is 1.79. The highest BCUT2D eigenvalue weighted by molar-refractivity contribution is 5.78. The summed E-state index contributed by atoms with van der Waals surface area (Å²) in [6.45, 7) is 4.45. The topological polar surface area (TPSA) is 29.1 Å². The molecule has 1 fully saturated rings. The normalized spacial score (nSPS) is 17.2. The van der Waals surface area contributed by atoms with E-state index in [1.165, 1.54) is 12.8 Å². The van der Waals surface area contributed by atoms with Crippen LogP contribution in [0.5, 0.6) is 0 Å². The Kier molecular flexibility index (Phi) is 4.58. The average molecular weight is 181 g/mol. The number of hydrogen-bond acceptors (Lipinski definition) is 1. The fourth-order valence-electron chi connectivity index (χ4n) is 1.79. The molecule has 1 N–H and O–H groups in total. The Labute approximate surface area is 80.4 Å². The summed E-state index contributed by atoms with van der Waals surface area (Å²) in [7, 11) is 0. The van der Waals surface area contributed by atoms with Crippen LogP contribution in [0, 0.1) is 5.92 Å². The van der Waals surface area contributed by atoms with Crippen molar-refractivity contribution in [2.24, 2.45) is 5.92 Å². The second-order valence-electron chi connectivity index (χ2n) is 3.70. The molecule has 1 rings (SSSR count). The number of amides is 1. The monoisotopic (exact) mass is 181 g/mol. The van der Waals surface area contributed by atoms with Crippen LogP contribution in [0.3, 0.4) is 0 Å². The largest absolute Gasteiger partial charge is 0.356 e. The predicted molar refractivity (Wildman–Crippen MR) is 54.4 cm³/mol. The molecule has 0 aromatic heterocycles. The minimum Gasteiger partial charge on any atom is -0.356 e. The lowest BCUT2D eigenvalue weighted by molar-refractivity contribution is -0.124. The molecule has 2 nitrogen and oxygen atoms in total. The van der Waals surface area contributed by atoms with E-state index in [1.807, 2.05) is 6.08 Å². The molecule has 1 aliphatic carbocycles. The van der Waals surface area contributed by atoms with E-state index in [0.29, 0.717) is 5.92 Å². The van der Waals surface area contributed by atoms with Gasteiger partial charge in [0, 0.05) is 12.5 Å². The van der Waals surface area contributed by atoms with Gasteiger partial charge >= 0.3 is 0 Å². The summed E-state index contributed by atoms with van der Waals surface area (Å²) in [5.74, 6) is 0.574. The van der Waals surface area contributed by atoms with E-state index in [9.17, 15) is 4.79 Å². The lowest BCUT2D eigenvalue weighted by Gasteiger charge is -2.09. The van der Waals surface area contributed by atoms with Gasteiger partial charge in [0.2, 0.25) is 5.91 Å². The minimum atomic E-state index is 0.265. The molecule has 0 aliphatic heterocycles. The molecule has 2 heteroatoms. The molecule has 0 heterocycles. The third-order valence-electron chi connectivity index (χ3n) is 2.61. The van der Waals surface area contributed by atoms with Gasteiger partial charge in [-0.1, -0.05) is 18.9 Å². The number of carbonyl (C=O) groups excluding carboxylic acids is 1. The Balaban J connectivity index is 2.06. The average Bonchev–Trinajstić information content (AvgIpc) is 2.65. The predicted octanol–water partition coefficient (Wildman–Crippen LogP) is 2.26. The molecular formula is C11H19NO. The summed E-state index contributed by atoms with van der Waals surface area (Å²) in [5, 5.41) is 2.97. The summed E-state index contributed by atoms with van der Waals surface area (Å²) >= 11 is 0. The van der Waals surface area contributed by atoms with Gasteiger partial charge in [0.25, 0.3) is 0 Å². The Morgan fingerprint density at radius 2 is 2.15 bits per heavy atom. The maximum Gasteiger partial charge on any atom is 0.223 e. The van der Waals surface area contributed by atoms with Crippen molar-refractivity contribution in [3.05, 3.63) is 12.7 Å². The van der Waals surface area contributed by atoms with Crippen LogP contribution in [0.1, 0.15) is 38.5 Å². The molecule has 74 valence electrons. The van der Waals surface area contributed by atoms with Crippen molar-refractivity contribution in [2.75, 3.05) is 6.54 Å². The summed E-state index contributed by atoms with van der Waals surface area (Å²) < 4.78 is 0. The van der Waals surface area contributed by atoms with E-state index in [-0.39, 0.29) is 5.91 Å². The quantitative estimate of drug-likeness (QED) is 0.511. The molecule has 0 aromatic carbocycles. The van der Waals surface area contributed by atoms with Crippen LogP contribution in [0.15, 0.2) is 12.7 Å². The highest BCUT2D eigenvalue weighted by Crippen LogP contribution is 2.24. The summed E-state index contributed by atoms with van der Waals surface area (Å²) in [6, 6.07) is 0. The minimum absolute atomic E-state index is 0.265. The first-order chi connectivity index (χ1) is 6.34. The van der Waals surface area contributed by atoms with Gasteiger partial charge < -0.3 is 5.32 Å². The van der Waals surface area contributed by atoms with Crippen LogP contribution in [0.2, 0.25) is 0 Å². The van der Waals surface area contributed by atoms with Gasteiger partial charge in [-0.25, -0.2) is 0 Å². The van der Waals surface area contributed by atoms with Gasteiger partial charge in [-0.3, -0.25) is 4.79 Å². The zero-order valence-corrected chi connectivity index (χ0v) is 8.22. The second-order valence-corrected chi connectivity index (χ2v) is 3.70. The van der Waals surface area contributed by atoms with Gasteiger partial charge in [0.15, 0.2) is 0 Å². The zero-order chi connectivity index (χ0) is 9.52. The smallest absolute Gasteiger partial charge is 0.223 e. The van der Waals surface area contributed by atoms with Crippen molar-refractivity contribution < 1.29 is 4.79 Å². The van der Waals surface area contributed by atoms with Crippen LogP contribution in [0.25, 0.3) is 0 Å². The van der Waals surface area contributed by atoms with Gasteiger partial charge in [-0.2, -0.15) is 0 Å². The Morgan fingerprint density at radius 1 is 1.46 bits per heavy atom. The lowest BCUT2D eigenvalue weighted by atomic mass is 10.1.